The molecular formula is C13H15ClN2. The molecule has 0 amide bonds. The summed E-state index contributed by atoms with van der Waals surface area (Å²) in [5.41, 5.74) is 2.10. The number of hydrogen-bond donors (Lipinski definition) is 1. The van der Waals surface area contributed by atoms with Gasteiger partial charge in [0, 0.05) is 16.8 Å². The van der Waals surface area contributed by atoms with Gasteiger partial charge in [0.05, 0.1) is 12.0 Å². The van der Waals surface area contributed by atoms with Crippen LogP contribution in [-0.2, 0) is 0 Å². The van der Waals surface area contributed by atoms with Gasteiger partial charge in [0.1, 0.15) is 0 Å². The SMILES string of the molecule is Cc1ccc(NC2CCCC2C#N)cc1Cl. The molecule has 1 aromatic carbocycles. The highest BCUT2D eigenvalue weighted by Crippen LogP contribution is 2.29. The molecule has 0 aromatic heterocycles. The monoisotopic (exact) mass is 234 g/mol. The summed E-state index contributed by atoms with van der Waals surface area (Å²) in [4.78, 5) is 0. The molecule has 1 fully saturated rings. The first kappa shape index (κ1) is 11.3. The Bertz CT molecular complexity index is 422. The first-order valence-electron chi connectivity index (χ1n) is 5.63. The molecule has 1 aromatic rings. The largest absolute Gasteiger partial charge is 0.381 e. The molecule has 1 saturated carbocycles. The van der Waals surface area contributed by atoms with Crippen molar-refractivity contribution in [2.75, 3.05) is 5.32 Å². The lowest BCUT2D eigenvalue weighted by molar-refractivity contribution is 0.630. The molecule has 2 atom stereocenters. The van der Waals surface area contributed by atoms with E-state index in [2.05, 4.69) is 11.4 Å². The molecule has 2 nitrogen and oxygen atoms in total. The molecule has 0 bridgehead atoms. The number of halogens is 1. The van der Waals surface area contributed by atoms with Gasteiger partial charge in [0.15, 0.2) is 0 Å². The molecule has 1 N–H and O–H groups in total. The third-order valence-electron chi connectivity index (χ3n) is 3.21. The van der Waals surface area contributed by atoms with E-state index < -0.39 is 0 Å². The maximum atomic E-state index is 9.00. The van der Waals surface area contributed by atoms with Crippen molar-refractivity contribution in [1.82, 2.24) is 0 Å². The first-order valence-corrected chi connectivity index (χ1v) is 6.01. The van der Waals surface area contributed by atoms with E-state index >= 15 is 0 Å². The summed E-state index contributed by atoms with van der Waals surface area (Å²) >= 11 is 6.06. The van der Waals surface area contributed by atoms with E-state index in [1.165, 1.54) is 0 Å². The zero-order chi connectivity index (χ0) is 11.5. The van der Waals surface area contributed by atoms with Crippen LogP contribution in [-0.4, -0.2) is 6.04 Å². The highest BCUT2D eigenvalue weighted by atomic mass is 35.5. The highest BCUT2D eigenvalue weighted by Gasteiger charge is 2.26. The van der Waals surface area contributed by atoms with Crippen molar-refractivity contribution < 1.29 is 0 Å². The van der Waals surface area contributed by atoms with Crippen LogP contribution in [0.4, 0.5) is 5.69 Å². The normalized spacial score (nSPS) is 24.1. The van der Waals surface area contributed by atoms with Crippen LogP contribution in [0.3, 0.4) is 0 Å². The highest BCUT2D eigenvalue weighted by molar-refractivity contribution is 6.31. The lowest BCUT2D eigenvalue weighted by Crippen LogP contribution is -2.22. The number of anilines is 1. The molecule has 1 aliphatic carbocycles. The van der Waals surface area contributed by atoms with Gasteiger partial charge in [-0.25, -0.2) is 0 Å². The van der Waals surface area contributed by atoms with Crippen LogP contribution in [0.5, 0.6) is 0 Å². The molecule has 0 spiro atoms. The van der Waals surface area contributed by atoms with Gasteiger partial charge < -0.3 is 5.32 Å². The van der Waals surface area contributed by atoms with Crippen LogP contribution in [0.2, 0.25) is 5.02 Å². The van der Waals surface area contributed by atoms with E-state index in [0.717, 1.165) is 35.5 Å². The topological polar surface area (TPSA) is 35.8 Å². The first-order chi connectivity index (χ1) is 7.70. The standard InChI is InChI=1S/C13H15ClN2/c1-9-5-6-11(7-12(9)14)16-13-4-2-3-10(13)8-15/h5-7,10,13,16H,2-4H2,1H3. The van der Waals surface area contributed by atoms with Gasteiger partial charge in [-0.1, -0.05) is 17.7 Å². The Morgan fingerprint density at radius 1 is 1.44 bits per heavy atom. The number of nitrogens with zero attached hydrogens (tertiary/aromatic N) is 1. The van der Waals surface area contributed by atoms with Crippen LogP contribution in [0.1, 0.15) is 24.8 Å². The van der Waals surface area contributed by atoms with Gasteiger partial charge >= 0.3 is 0 Å². The zero-order valence-corrected chi connectivity index (χ0v) is 10.1. The summed E-state index contributed by atoms with van der Waals surface area (Å²) in [5.74, 6) is 0.139. The second-order valence-corrected chi connectivity index (χ2v) is 4.79. The maximum Gasteiger partial charge on any atom is 0.0677 e. The van der Waals surface area contributed by atoms with Crippen molar-refractivity contribution in [1.29, 1.82) is 5.26 Å². The second-order valence-electron chi connectivity index (χ2n) is 4.38. The summed E-state index contributed by atoms with van der Waals surface area (Å²) in [7, 11) is 0. The minimum atomic E-state index is 0.139. The average molecular weight is 235 g/mol. The number of aryl methyl sites for hydroxylation is 1. The number of hydrogen-bond acceptors (Lipinski definition) is 2. The van der Waals surface area contributed by atoms with Crippen molar-refractivity contribution in [3.63, 3.8) is 0 Å². The van der Waals surface area contributed by atoms with Gasteiger partial charge in [-0.05, 0) is 43.9 Å². The van der Waals surface area contributed by atoms with Crippen LogP contribution < -0.4 is 5.32 Å². The van der Waals surface area contributed by atoms with Crippen molar-refractivity contribution >= 4 is 17.3 Å². The molecule has 0 radical (unpaired) electrons. The molecule has 16 heavy (non-hydrogen) atoms. The quantitative estimate of drug-likeness (QED) is 0.846. The molecule has 0 aliphatic heterocycles. The summed E-state index contributed by atoms with van der Waals surface area (Å²) in [6, 6.07) is 8.60. The Morgan fingerprint density at radius 2 is 2.25 bits per heavy atom. The van der Waals surface area contributed by atoms with E-state index in [9.17, 15) is 0 Å². The zero-order valence-electron chi connectivity index (χ0n) is 9.33. The fourth-order valence-corrected chi connectivity index (χ4v) is 2.36. The molecule has 1 aliphatic rings. The van der Waals surface area contributed by atoms with Crippen LogP contribution in [0.25, 0.3) is 0 Å². The minimum Gasteiger partial charge on any atom is -0.381 e. The predicted octanol–water partition coefficient (Wildman–Crippen LogP) is 3.75. The predicted molar refractivity (Wildman–Crippen MR) is 66.6 cm³/mol. The summed E-state index contributed by atoms with van der Waals surface area (Å²) < 4.78 is 0. The van der Waals surface area contributed by atoms with Crippen molar-refractivity contribution in [3.05, 3.63) is 28.8 Å². The van der Waals surface area contributed by atoms with Gasteiger partial charge in [-0.2, -0.15) is 5.26 Å². The summed E-state index contributed by atoms with van der Waals surface area (Å²) in [5, 5.41) is 13.2. The Balaban J connectivity index is 2.09. The number of nitriles is 1. The summed E-state index contributed by atoms with van der Waals surface area (Å²) in [6.45, 7) is 1.99. The molecular weight excluding hydrogens is 220 g/mol. The van der Waals surface area contributed by atoms with Crippen molar-refractivity contribution in [3.8, 4) is 6.07 Å². The molecule has 0 saturated heterocycles. The van der Waals surface area contributed by atoms with Gasteiger partial charge in [-0.15, -0.1) is 0 Å². The number of rotatable bonds is 2. The summed E-state index contributed by atoms with van der Waals surface area (Å²) in [6.07, 6.45) is 3.22. The molecule has 0 heterocycles. The molecule has 2 rings (SSSR count). The number of benzene rings is 1. The lowest BCUT2D eigenvalue weighted by Gasteiger charge is -2.17. The van der Waals surface area contributed by atoms with Gasteiger partial charge in [0.2, 0.25) is 0 Å². The fraction of sp³-hybridized carbons (Fsp3) is 0.462. The Morgan fingerprint density at radius 3 is 2.94 bits per heavy atom. The Hall–Kier alpha value is -1.20. The smallest absolute Gasteiger partial charge is 0.0677 e. The Labute approximate surface area is 101 Å². The second kappa shape index (κ2) is 4.76. The van der Waals surface area contributed by atoms with E-state index in [1.807, 2.05) is 25.1 Å². The fourth-order valence-electron chi connectivity index (χ4n) is 2.18. The van der Waals surface area contributed by atoms with Crippen molar-refractivity contribution in [2.45, 2.75) is 32.2 Å². The maximum absolute atomic E-state index is 9.00. The van der Waals surface area contributed by atoms with E-state index in [-0.39, 0.29) is 12.0 Å². The van der Waals surface area contributed by atoms with E-state index in [1.54, 1.807) is 0 Å². The lowest BCUT2D eigenvalue weighted by atomic mass is 10.1. The minimum absolute atomic E-state index is 0.139. The van der Waals surface area contributed by atoms with Crippen LogP contribution >= 0.6 is 11.6 Å². The van der Waals surface area contributed by atoms with Gasteiger partial charge in [-0.3, -0.25) is 0 Å². The third-order valence-corrected chi connectivity index (χ3v) is 3.61. The molecule has 2 unspecified atom stereocenters. The van der Waals surface area contributed by atoms with Crippen LogP contribution in [0.15, 0.2) is 18.2 Å². The van der Waals surface area contributed by atoms with E-state index in [4.69, 9.17) is 16.9 Å². The molecule has 3 heteroatoms. The van der Waals surface area contributed by atoms with E-state index in [0.29, 0.717) is 0 Å². The van der Waals surface area contributed by atoms with Crippen LogP contribution in [0, 0.1) is 24.2 Å². The third kappa shape index (κ3) is 2.31. The van der Waals surface area contributed by atoms with Crippen molar-refractivity contribution in [2.24, 2.45) is 5.92 Å². The Kier molecular flexibility index (Phi) is 3.36. The average Bonchev–Trinajstić information content (AvgIpc) is 2.71. The van der Waals surface area contributed by atoms with Gasteiger partial charge in [0.25, 0.3) is 0 Å². The molecule has 84 valence electrons. The number of nitrogens with one attached hydrogen (secondary N) is 1.